The van der Waals surface area contributed by atoms with Crippen molar-refractivity contribution in [1.82, 2.24) is 0 Å². The molecule has 0 aliphatic rings. The third kappa shape index (κ3) is 2.45. The van der Waals surface area contributed by atoms with Crippen molar-refractivity contribution in [2.45, 2.75) is 13.1 Å². The molecule has 5 nitrogen and oxygen atoms in total. The minimum Gasteiger partial charge on any atom is -0.294 e. The number of nitro groups is 1. The Kier molecular flexibility index (Phi) is 3.37. The number of carbonyl (C=O) groups is 1. The van der Waals surface area contributed by atoms with Crippen molar-refractivity contribution in [2.24, 2.45) is 0 Å². The average molecular weight is 258 g/mol. The van der Waals surface area contributed by atoms with Gasteiger partial charge in [0.05, 0.1) is 16.1 Å². The number of Topliss-reactive ketones (excluding diaryl/α,β-unsaturated/α-hetero) is 1. The summed E-state index contributed by atoms with van der Waals surface area (Å²) in [4.78, 5) is 20.7. The molecule has 0 amide bonds. The van der Waals surface area contributed by atoms with Gasteiger partial charge in [-0.3, -0.25) is 14.9 Å². The Bertz CT molecular complexity index is 573. The van der Waals surface area contributed by atoms with Gasteiger partial charge in [-0.15, -0.1) is 0 Å². The maximum absolute atomic E-state index is 12.7. The van der Waals surface area contributed by atoms with Gasteiger partial charge >= 0.3 is 6.18 Å². The van der Waals surface area contributed by atoms with Gasteiger partial charge in [-0.05, 0) is 6.92 Å². The normalized spacial score (nSPS) is 10.8. The summed E-state index contributed by atoms with van der Waals surface area (Å²) in [5, 5.41) is 19.1. The highest BCUT2D eigenvalue weighted by molar-refractivity contribution is 5.97. The second-order valence-corrected chi connectivity index (χ2v) is 3.34. The molecule has 0 fully saturated rings. The molecule has 0 bridgehead atoms. The summed E-state index contributed by atoms with van der Waals surface area (Å²) in [5.41, 5.74) is -4.00. The van der Waals surface area contributed by atoms with E-state index in [1.54, 1.807) is 0 Å². The summed E-state index contributed by atoms with van der Waals surface area (Å²) in [6.07, 6.45) is -4.93. The Balaban J connectivity index is 3.75. The molecule has 0 saturated heterocycles. The molecule has 0 unspecified atom stereocenters. The van der Waals surface area contributed by atoms with E-state index in [1.807, 2.05) is 0 Å². The Hall–Kier alpha value is -2.43. The van der Waals surface area contributed by atoms with Crippen molar-refractivity contribution >= 4 is 11.5 Å². The third-order valence-electron chi connectivity index (χ3n) is 2.12. The van der Waals surface area contributed by atoms with Crippen LogP contribution in [-0.4, -0.2) is 10.7 Å². The van der Waals surface area contributed by atoms with Crippen molar-refractivity contribution in [3.8, 4) is 6.07 Å². The van der Waals surface area contributed by atoms with Gasteiger partial charge < -0.3 is 0 Å². The van der Waals surface area contributed by atoms with Crippen LogP contribution in [0.3, 0.4) is 0 Å². The van der Waals surface area contributed by atoms with Crippen LogP contribution in [-0.2, 0) is 6.18 Å². The molecule has 0 atom stereocenters. The molecule has 18 heavy (non-hydrogen) atoms. The van der Waals surface area contributed by atoms with Gasteiger partial charge in [0.25, 0.3) is 5.69 Å². The van der Waals surface area contributed by atoms with Crippen molar-refractivity contribution in [3.63, 3.8) is 0 Å². The standard InChI is InChI=1S/C10H5F3N2O3/c1-5(16)8-3-7(15(17)18)2-6(4-14)9(8)10(11,12)13/h2-3H,1H3. The number of ketones is 1. The van der Waals surface area contributed by atoms with Crippen molar-refractivity contribution in [2.75, 3.05) is 0 Å². The predicted octanol–water partition coefficient (Wildman–Crippen LogP) is 2.69. The Morgan fingerprint density at radius 1 is 1.44 bits per heavy atom. The minimum absolute atomic E-state index is 0.495. The van der Waals surface area contributed by atoms with Crippen molar-refractivity contribution in [1.29, 1.82) is 5.26 Å². The van der Waals surface area contributed by atoms with Crippen LogP contribution in [0.5, 0.6) is 0 Å². The van der Waals surface area contributed by atoms with E-state index in [0.29, 0.717) is 12.1 Å². The summed E-state index contributed by atoms with van der Waals surface area (Å²) in [6, 6.07) is 2.23. The fourth-order valence-electron chi connectivity index (χ4n) is 1.40. The Morgan fingerprint density at radius 3 is 2.33 bits per heavy atom. The van der Waals surface area contributed by atoms with E-state index in [4.69, 9.17) is 5.26 Å². The lowest BCUT2D eigenvalue weighted by atomic mass is 9.97. The van der Waals surface area contributed by atoms with Crippen LogP contribution in [0.25, 0.3) is 0 Å². The SMILES string of the molecule is CC(=O)c1cc([N+](=O)[O-])cc(C#N)c1C(F)(F)F. The lowest BCUT2D eigenvalue weighted by Crippen LogP contribution is -2.14. The molecule has 0 aliphatic carbocycles. The number of halogens is 3. The summed E-state index contributed by atoms with van der Waals surface area (Å²) < 4.78 is 38.1. The van der Waals surface area contributed by atoms with Crippen LogP contribution in [0.4, 0.5) is 18.9 Å². The number of non-ortho nitro benzene ring substituents is 1. The minimum atomic E-state index is -4.93. The van der Waals surface area contributed by atoms with E-state index >= 15 is 0 Å². The predicted molar refractivity (Wildman–Crippen MR) is 52.8 cm³/mol. The lowest BCUT2D eigenvalue weighted by molar-refractivity contribution is -0.384. The first-order chi connectivity index (χ1) is 8.18. The molecular weight excluding hydrogens is 253 g/mol. The zero-order chi connectivity index (χ0) is 14.1. The van der Waals surface area contributed by atoms with Gasteiger partial charge in [-0.1, -0.05) is 0 Å². The summed E-state index contributed by atoms with van der Waals surface area (Å²) >= 11 is 0. The maximum Gasteiger partial charge on any atom is 0.418 e. The van der Waals surface area contributed by atoms with Crippen LogP contribution >= 0.6 is 0 Å². The van der Waals surface area contributed by atoms with Gasteiger partial charge in [-0.2, -0.15) is 18.4 Å². The number of nitro benzene ring substituents is 1. The highest BCUT2D eigenvalue weighted by atomic mass is 19.4. The smallest absolute Gasteiger partial charge is 0.294 e. The maximum atomic E-state index is 12.7. The Morgan fingerprint density at radius 2 is 2.00 bits per heavy atom. The summed E-state index contributed by atoms with van der Waals surface area (Å²) in [6.45, 7) is 0.843. The summed E-state index contributed by atoms with van der Waals surface area (Å²) in [5.74, 6) is -0.998. The van der Waals surface area contributed by atoms with Gasteiger partial charge in [0.2, 0.25) is 0 Å². The zero-order valence-electron chi connectivity index (χ0n) is 8.91. The van der Waals surface area contributed by atoms with E-state index in [1.165, 1.54) is 6.07 Å². The Labute approximate surface area is 98.6 Å². The van der Waals surface area contributed by atoms with E-state index in [0.717, 1.165) is 6.92 Å². The molecule has 0 aromatic heterocycles. The first-order valence-corrected chi connectivity index (χ1v) is 4.49. The molecule has 1 aromatic rings. The number of carbonyl (C=O) groups excluding carboxylic acids is 1. The largest absolute Gasteiger partial charge is 0.418 e. The molecule has 0 aliphatic heterocycles. The second-order valence-electron chi connectivity index (χ2n) is 3.34. The molecule has 94 valence electrons. The molecule has 0 N–H and O–H groups in total. The van der Waals surface area contributed by atoms with E-state index in [9.17, 15) is 28.1 Å². The fraction of sp³-hybridized carbons (Fsp3) is 0.200. The van der Waals surface area contributed by atoms with E-state index in [2.05, 4.69) is 0 Å². The van der Waals surface area contributed by atoms with Crippen LogP contribution in [0.15, 0.2) is 12.1 Å². The van der Waals surface area contributed by atoms with E-state index in [-0.39, 0.29) is 0 Å². The molecule has 1 aromatic carbocycles. The average Bonchev–Trinajstić information content (AvgIpc) is 2.25. The molecule has 8 heteroatoms. The van der Waals surface area contributed by atoms with Crippen molar-refractivity contribution < 1.29 is 22.9 Å². The molecule has 0 spiro atoms. The molecule has 0 saturated carbocycles. The monoisotopic (exact) mass is 258 g/mol. The second kappa shape index (κ2) is 4.44. The number of nitriles is 1. The number of alkyl halides is 3. The molecule has 0 heterocycles. The topological polar surface area (TPSA) is 84.0 Å². The highest BCUT2D eigenvalue weighted by Gasteiger charge is 2.38. The number of nitrogens with zero attached hydrogens (tertiary/aromatic N) is 2. The van der Waals surface area contributed by atoms with Crippen LogP contribution < -0.4 is 0 Å². The highest BCUT2D eigenvalue weighted by Crippen LogP contribution is 2.36. The molecule has 1 rings (SSSR count). The van der Waals surface area contributed by atoms with Gasteiger partial charge in [0, 0.05) is 17.7 Å². The fourth-order valence-corrected chi connectivity index (χ4v) is 1.40. The quantitative estimate of drug-likeness (QED) is 0.463. The molecular formula is C10H5F3N2O3. The third-order valence-corrected chi connectivity index (χ3v) is 2.12. The van der Waals surface area contributed by atoms with Gasteiger partial charge in [0.15, 0.2) is 5.78 Å². The lowest BCUT2D eigenvalue weighted by Gasteiger charge is -2.12. The first kappa shape index (κ1) is 13.6. The number of hydrogen-bond donors (Lipinski definition) is 0. The zero-order valence-corrected chi connectivity index (χ0v) is 8.91. The van der Waals surface area contributed by atoms with Gasteiger partial charge in [0.1, 0.15) is 6.07 Å². The van der Waals surface area contributed by atoms with Crippen LogP contribution in [0.2, 0.25) is 0 Å². The van der Waals surface area contributed by atoms with Crippen LogP contribution in [0.1, 0.15) is 28.4 Å². The van der Waals surface area contributed by atoms with E-state index < -0.39 is 39.3 Å². The van der Waals surface area contributed by atoms with Crippen molar-refractivity contribution in [3.05, 3.63) is 38.9 Å². The summed E-state index contributed by atoms with van der Waals surface area (Å²) in [7, 11) is 0. The first-order valence-electron chi connectivity index (χ1n) is 4.49. The number of benzene rings is 1. The number of hydrogen-bond acceptors (Lipinski definition) is 4. The molecule has 0 radical (unpaired) electrons. The van der Waals surface area contributed by atoms with Gasteiger partial charge in [-0.25, -0.2) is 0 Å². The van der Waals surface area contributed by atoms with Crippen LogP contribution in [0, 0.1) is 21.4 Å². The number of rotatable bonds is 2.